The Morgan fingerprint density at radius 3 is 2.54 bits per heavy atom. The molecule has 2 aromatic rings. The molecule has 0 saturated heterocycles. The second-order valence-electron chi connectivity index (χ2n) is 6.95. The molecule has 0 spiro atoms. The van der Waals surface area contributed by atoms with Crippen LogP contribution in [0.1, 0.15) is 43.7 Å². The quantitative estimate of drug-likeness (QED) is 0.774. The molecule has 2 aliphatic rings. The Bertz CT molecular complexity index is 832. The molecule has 4 nitrogen and oxygen atoms in total. The third-order valence-corrected chi connectivity index (χ3v) is 5.40. The van der Waals surface area contributed by atoms with Gasteiger partial charge in [0.05, 0.1) is 0 Å². The standard InChI is InChI=1S/C21H21FN2O2/c22-15-7-6-10-17(13-15)23(14-25)20-18-11-4-5-12-19(18)24(21(20)26)16-8-2-1-3-9-16/h4-7,10-14,16,20H,1-3,8-9H2/t20-/m0/s1. The average molecular weight is 352 g/mol. The highest BCUT2D eigenvalue weighted by Gasteiger charge is 2.44. The van der Waals surface area contributed by atoms with Gasteiger partial charge in [0.2, 0.25) is 6.41 Å². The van der Waals surface area contributed by atoms with E-state index in [2.05, 4.69) is 0 Å². The Morgan fingerprint density at radius 2 is 1.81 bits per heavy atom. The van der Waals surface area contributed by atoms with Gasteiger partial charge in [0.1, 0.15) is 11.9 Å². The zero-order valence-corrected chi connectivity index (χ0v) is 14.5. The van der Waals surface area contributed by atoms with Crippen LogP contribution in [0.5, 0.6) is 0 Å². The van der Waals surface area contributed by atoms with Gasteiger partial charge in [0.25, 0.3) is 5.91 Å². The van der Waals surface area contributed by atoms with Gasteiger partial charge in [-0.25, -0.2) is 4.39 Å². The number of anilines is 2. The molecular weight excluding hydrogens is 331 g/mol. The number of rotatable bonds is 4. The third kappa shape index (κ3) is 2.77. The molecule has 1 aliphatic heterocycles. The molecule has 4 rings (SSSR count). The van der Waals surface area contributed by atoms with Crippen LogP contribution >= 0.6 is 0 Å². The first-order valence-corrected chi connectivity index (χ1v) is 9.12. The van der Waals surface area contributed by atoms with Crippen molar-refractivity contribution >= 4 is 23.7 Å². The highest BCUT2D eigenvalue weighted by molar-refractivity contribution is 6.09. The molecule has 26 heavy (non-hydrogen) atoms. The van der Waals surface area contributed by atoms with Crippen LogP contribution in [0.25, 0.3) is 0 Å². The highest BCUT2D eigenvalue weighted by atomic mass is 19.1. The van der Waals surface area contributed by atoms with Crippen molar-refractivity contribution in [2.75, 3.05) is 9.80 Å². The second-order valence-corrected chi connectivity index (χ2v) is 6.95. The number of fused-ring (bicyclic) bond motifs is 1. The van der Waals surface area contributed by atoms with Gasteiger partial charge in [-0.05, 0) is 37.1 Å². The molecular formula is C21H21FN2O2. The van der Waals surface area contributed by atoms with Crippen molar-refractivity contribution in [3.05, 3.63) is 59.9 Å². The molecule has 1 aliphatic carbocycles. The molecule has 5 heteroatoms. The minimum absolute atomic E-state index is 0.102. The van der Waals surface area contributed by atoms with Crippen molar-refractivity contribution in [2.45, 2.75) is 44.2 Å². The summed E-state index contributed by atoms with van der Waals surface area (Å²) >= 11 is 0. The summed E-state index contributed by atoms with van der Waals surface area (Å²) in [6.45, 7) is 0. The summed E-state index contributed by atoms with van der Waals surface area (Å²) in [7, 11) is 0. The first kappa shape index (κ1) is 16.8. The summed E-state index contributed by atoms with van der Waals surface area (Å²) in [6, 6.07) is 12.8. The zero-order chi connectivity index (χ0) is 18.1. The summed E-state index contributed by atoms with van der Waals surface area (Å²) in [5, 5.41) is 0. The maximum absolute atomic E-state index is 13.7. The van der Waals surface area contributed by atoms with Gasteiger partial charge >= 0.3 is 0 Å². The van der Waals surface area contributed by atoms with E-state index in [1.165, 1.54) is 23.5 Å². The number of para-hydroxylation sites is 1. The van der Waals surface area contributed by atoms with E-state index in [1.54, 1.807) is 12.1 Å². The second kappa shape index (κ2) is 6.90. The van der Waals surface area contributed by atoms with E-state index in [4.69, 9.17) is 0 Å². The lowest BCUT2D eigenvalue weighted by Crippen LogP contribution is -2.43. The maximum Gasteiger partial charge on any atom is 0.255 e. The number of halogens is 1. The fourth-order valence-corrected chi connectivity index (χ4v) is 4.21. The first-order valence-electron chi connectivity index (χ1n) is 9.12. The summed E-state index contributed by atoms with van der Waals surface area (Å²) in [6.07, 6.45) is 6.01. The molecule has 0 aromatic heterocycles. The van der Waals surface area contributed by atoms with Crippen LogP contribution in [0.2, 0.25) is 0 Å². The number of carbonyl (C=O) groups is 2. The Hall–Kier alpha value is -2.69. The van der Waals surface area contributed by atoms with E-state index < -0.39 is 11.9 Å². The normalized spacial score (nSPS) is 20.1. The van der Waals surface area contributed by atoms with Gasteiger partial charge in [-0.2, -0.15) is 0 Å². The van der Waals surface area contributed by atoms with E-state index in [0.717, 1.165) is 36.9 Å². The smallest absolute Gasteiger partial charge is 0.255 e. The fraction of sp³-hybridized carbons (Fsp3) is 0.333. The largest absolute Gasteiger partial charge is 0.307 e. The predicted molar refractivity (Wildman–Crippen MR) is 98.5 cm³/mol. The van der Waals surface area contributed by atoms with Crippen molar-refractivity contribution < 1.29 is 14.0 Å². The first-order chi connectivity index (χ1) is 12.7. The van der Waals surface area contributed by atoms with Crippen molar-refractivity contribution in [3.63, 3.8) is 0 Å². The zero-order valence-electron chi connectivity index (χ0n) is 14.5. The van der Waals surface area contributed by atoms with Gasteiger partial charge in [-0.15, -0.1) is 0 Å². The fourth-order valence-electron chi connectivity index (χ4n) is 4.21. The van der Waals surface area contributed by atoms with Gasteiger partial charge < -0.3 is 4.90 Å². The minimum Gasteiger partial charge on any atom is -0.307 e. The van der Waals surface area contributed by atoms with E-state index in [1.807, 2.05) is 29.2 Å². The highest BCUT2D eigenvalue weighted by Crippen LogP contribution is 2.43. The predicted octanol–water partition coefficient (Wildman–Crippen LogP) is 4.21. The van der Waals surface area contributed by atoms with Crippen LogP contribution in [0.15, 0.2) is 48.5 Å². The van der Waals surface area contributed by atoms with Crippen LogP contribution in [0.3, 0.4) is 0 Å². The van der Waals surface area contributed by atoms with Gasteiger partial charge in [0, 0.05) is 23.0 Å². The summed E-state index contributed by atoms with van der Waals surface area (Å²) in [4.78, 5) is 28.4. The van der Waals surface area contributed by atoms with E-state index in [9.17, 15) is 14.0 Å². The summed E-state index contributed by atoms with van der Waals surface area (Å²) < 4.78 is 13.7. The summed E-state index contributed by atoms with van der Waals surface area (Å²) in [5.74, 6) is -0.535. The topological polar surface area (TPSA) is 40.6 Å². The Kier molecular flexibility index (Phi) is 4.45. The Balaban J connectivity index is 1.76. The van der Waals surface area contributed by atoms with Crippen LogP contribution in [-0.4, -0.2) is 18.4 Å². The Labute approximate surface area is 152 Å². The molecule has 2 aromatic carbocycles. The molecule has 134 valence electrons. The molecule has 1 atom stereocenters. The molecule has 0 bridgehead atoms. The van der Waals surface area contributed by atoms with Gasteiger partial charge in [-0.1, -0.05) is 43.5 Å². The van der Waals surface area contributed by atoms with Crippen molar-refractivity contribution in [1.82, 2.24) is 0 Å². The van der Waals surface area contributed by atoms with Crippen LogP contribution < -0.4 is 9.80 Å². The number of benzene rings is 2. The number of carbonyl (C=O) groups excluding carboxylic acids is 2. The number of hydrogen-bond acceptors (Lipinski definition) is 2. The molecule has 2 amide bonds. The Morgan fingerprint density at radius 1 is 1.04 bits per heavy atom. The van der Waals surface area contributed by atoms with E-state index >= 15 is 0 Å². The molecule has 0 radical (unpaired) electrons. The molecule has 1 saturated carbocycles. The number of nitrogens with zero attached hydrogens (tertiary/aromatic N) is 2. The minimum atomic E-state index is -0.743. The molecule has 1 heterocycles. The lowest BCUT2D eigenvalue weighted by Gasteiger charge is -2.32. The lowest BCUT2D eigenvalue weighted by molar-refractivity contribution is -0.121. The van der Waals surface area contributed by atoms with Crippen LogP contribution in [-0.2, 0) is 9.59 Å². The van der Waals surface area contributed by atoms with E-state index in [-0.39, 0.29) is 11.9 Å². The molecule has 0 N–H and O–H groups in total. The third-order valence-electron chi connectivity index (χ3n) is 5.40. The van der Waals surface area contributed by atoms with Crippen molar-refractivity contribution in [1.29, 1.82) is 0 Å². The SMILES string of the molecule is O=CN(c1cccc(F)c1)[C@@H]1C(=O)N(C2CCCCC2)c2ccccc21. The summed E-state index contributed by atoms with van der Waals surface area (Å²) in [5.41, 5.74) is 2.07. The van der Waals surface area contributed by atoms with Crippen molar-refractivity contribution in [3.8, 4) is 0 Å². The van der Waals surface area contributed by atoms with Crippen LogP contribution in [0.4, 0.5) is 15.8 Å². The lowest BCUT2D eigenvalue weighted by atomic mass is 9.94. The van der Waals surface area contributed by atoms with Gasteiger partial charge in [-0.3, -0.25) is 14.5 Å². The molecule has 0 unspecified atom stereocenters. The number of hydrogen-bond donors (Lipinski definition) is 0. The van der Waals surface area contributed by atoms with Gasteiger partial charge in [0.15, 0.2) is 0 Å². The maximum atomic E-state index is 13.7. The monoisotopic (exact) mass is 352 g/mol. The van der Waals surface area contributed by atoms with E-state index in [0.29, 0.717) is 12.1 Å². The number of amides is 2. The average Bonchev–Trinajstić information content (AvgIpc) is 2.96. The molecule has 1 fully saturated rings. The van der Waals surface area contributed by atoms with Crippen molar-refractivity contribution in [2.24, 2.45) is 0 Å². The van der Waals surface area contributed by atoms with Crippen LogP contribution in [0, 0.1) is 5.82 Å².